The summed E-state index contributed by atoms with van der Waals surface area (Å²) in [4.78, 5) is 2.36. The van der Waals surface area contributed by atoms with Crippen LogP contribution in [-0.2, 0) is 0 Å². The Morgan fingerprint density at radius 2 is 2.06 bits per heavy atom. The van der Waals surface area contributed by atoms with Gasteiger partial charge in [-0.3, -0.25) is 0 Å². The molecule has 1 aliphatic heterocycles. The lowest BCUT2D eigenvalue weighted by Crippen LogP contribution is -2.40. The van der Waals surface area contributed by atoms with Crippen molar-refractivity contribution in [1.82, 2.24) is 4.90 Å². The number of aliphatic hydroxyl groups excluding tert-OH is 1. The Balaban J connectivity index is 2.12. The molecule has 0 amide bonds. The molecule has 2 nitrogen and oxygen atoms in total. The van der Waals surface area contributed by atoms with Crippen molar-refractivity contribution in [2.75, 3.05) is 26.2 Å². The van der Waals surface area contributed by atoms with E-state index in [1.165, 1.54) is 12.1 Å². The lowest BCUT2D eigenvalue weighted by Gasteiger charge is -2.37. The van der Waals surface area contributed by atoms with E-state index in [1.54, 1.807) is 0 Å². The summed E-state index contributed by atoms with van der Waals surface area (Å²) in [6, 6.07) is 6.72. The van der Waals surface area contributed by atoms with Gasteiger partial charge in [0.05, 0.1) is 0 Å². The van der Waals surface area contributed by atoms with Gasteiger partial charge in [-0.1, -0.05) is 19.1 Å². The highest BCUT2D eigenvalue weighted by atomic mass is 19.1. The first kappa shape index (κ1) is 12.5. The number of hydrogen-bond acceptors (Lipinski definition) is 2. The molecule has 0 bridgehead atoms. The quantitative estimate of drug-likeness (QED) is 0.871. The van der Waals surface area contributed by atoms with E-state index >= 15 is 0 Å². The molecule has 2 rings (SSSR count). The van der Waals surface area contributed by atoms with E-state index in [0.29, 0.717) is 5.92 Å². The topological polar surface area (TPSA) is 23.5 Å². The SMILES string of the molecule is CCN1CC[C@@H](c2ccc(F)cc2)[C@@H](CO)C1. The zero-order valence-electron chi connectivity index (χ0n) is 10.3. The molecule has 1 aromatic rings. The summed E-state index contributed by atoms with van der Waals surface area (Å²) in [6.07, 6.45) is 1.05. The smallest absolute Gasteiger partial charge is 0.123 e. The molecule has 0 radical (unpaired) electrons. The molecule has 1 N–H and O–H groups in total. The summed E-state index contributed by atoms with van der Waals surface area (Å²) >= 11 is 0. The highest BCUT2D eigenvalue weighted by Gasteiger charge is 2.29. The molecule has 0 unspecified atom stereocenters. The largest absolute Gasteiger partial charge is 0.396 e. The third kappa shape index (κ3) is 2.85. The van der Waals surface area contributed by atoms with Crippen LogP contribution in [0.1, 0.15) is 24.8 Å². The van der Waals surface area contributed by atoms with Crippen molar-refractivity contribution >= 4 is 0 Å². The molecule has 0 saturated carbocycles. The third-order valence-corrected chi connectivity index (χ3v) is 3.80. The van der Waals surface area contributed by atoms with Crippen LogP contribution < -0.4 is 0 Å². The lowest BCUT2D eigenvalue weighted by molar-refractivity contribution is 0.105. The minimum Gasteiger partial charge on any atom is -0.396 e. The monoisotopic (exact) mass is 237 g/mol. The first-order valence-corrected chi connectivity index (χ1v) is 6.33. The summed E-state index contributed by atoms with van der Waals surface area (Å²) in [5.74, 6) is 0.442. The minimum atomic E-state index is -0.194. The molecule has 3 heteroatoms. The van der Waals surface area contributed by atoms with Gasteiger partial charge in [0, 0.05) is 19.1 Å². The fourth-order valence-corrected chi connectivity index (χ4v) is 2.73. The van der Waals surface area contributed by atoms with Crippen molar-refractivity contribution in [3.63, 3.8) is 0 Å². The van der Waals surface area contributed by atoms with Crippen molar-refractivity contribution in [3.8, 4) is 0 Å². The number of likely N-dealkylation sites (tertiary alicyclic amines) is 1. The predicted molar refractivity (Wildman–Crippen MR) is 66.4 cm³/mol. The average molecular weight is 237 g/mol. The highest BCUT2D eigenvalue weighted by molar-refractivity contribution is 5.22. The van der Waals surface area contributed by atoms with Crippen LogP contribution in [0, 0.1) is 11.7 Å². The van der Waals surface area contributed by atoms with Crippen LogP contribution in [0.2, 0.25) is 0 Å². The van der Waals surface area contributed by atoms with Crippen molar-refractivity contribution in [2.45, 2.75) is 19.3 Å². The number of nitrogens with zero attached hydrogens (tertiary/aromatic N) is 1. The van der Waals surface area contributed by atoms with Gasteiger partial charge < -0.3 is 10.0 Å². The Labute approximate surface area is 102 Å². The van der Waals surface area contributed by atoms with Gasteiger partial charge in [0.25, 0.3) is 0 Å². The Morgan fingerprint density at radius 3 is 2.65 bits per heavy atom. The van der Waals surface area contributed by atoms with Crippen molar-refractivity contribution in [3.05, 3.63) is 35.6 Å². The van der Waals surface area contributed by atoms with Gasteiger partial charge in [0.15, 0.2) is 0 Å². The highest BCUT2D eigenvalue weighted by Crippen LogP contribution is 2.32. The van der Waals surface area contributed by atoms with E-state index < -0.39 is 0 Å². The van der Waals surface area contributed by atoms with Gasteiger partial charge in [-0.15, -0.1) is 0 Å². The van der Waals surface area contributed by atoms with Crippen molar-refractivity contribution in [2.24, 2.45) is 5.92 Å². The normalized spacial score (nSPS) is 26.1. The molecule has 1 saturated heterocycles. The second kappa shape index (κ2) is 5.61. The molecule has 94 valence electrons. The molecule has 0 spiro atoms. The van der Waals surface area contributed by atoms with E-state index in [2.05, 4.69) is 11.8 Å². The molecule has 2 atom stereocenters. The molecule has 17 heavy (non-hydrogen) atoms. The van der Waals surface area contributed by atoms with Gasteiger partial charge in [-0.2, -0.15) is 0 Å². The van der Waals surface area contributed by atoms with E-state index in [4.69, 9.17) is 0 Å². The first-order chi connectivity index (χ1) is 8.24. The Hall–Kier alpha value is -0.930. The van der Waals surface area contributed by atoms with E-state index in [9.17, 15) is 9.50 Å². The second-order valence-corrected chi connectivity index (χ2v) is 4.78. The number of benzene rings is 1. The van der Waals surface area contributed by atoms with E-state index in [-0.39, 0.29) is 18.3 Å². The summed E-state index contributed by atoms with van der Waals surface area (Å²) in [5.41, 5.74) is 1.15. The molecule has 0 aliphatic carbocycles. The Kier molecular flexibility index (Phi) is 4.13. The zero-order chi connectivity index (χ0) is 12.3. The van der Waals surface area contributed by atoms with Gasteiger partial charge in [0.1, 0.15) is 5.82 Å². The minimum absolute atomic E-state index is 0.194. The Bertz CT molecular complexity index is 352. The maximum absolute atomic E-state index is 12.9. The fraction of sp³-hybridized carbons (Fsp3) is 0.571. The van der Waals surface area contributed by atoms with Gasteiger partial charge in [0.2, 0.25) is 0 Å². The van der Waals surface area contributed by atoms with Crippen LogP contribution >= 0.6 is 0 Å². The molecule has 1 aromatic carbocycles. The molecule has 1 heterocycles. The first-order valence-electron chi connectivity index (χ1n) is 6.33. The van der Waals surface area contributed by atoms with Crippen molar-refractivity contribution in [1.29, 1.82) is 0 Å². The van der Waals surface area contributed by atoms with Gasteiger partial charge in [-0.05, 0) is 43.1 Å². The van der Waals surface area contributed by atoms with Crippen LogP contribution in [0.25, 0.3) is 0 Å². The number of hydrogen-bond donors (Lipinski definition) is 1. The number of piperidine rings is 1. The summed E-state index contributed by atoms with van der Waals surface area (Å²) < 4.78 is 12.9. The van der Waals surface area contributed by atoms with Gasteiger partial charge >= 0.3 is 0 Å². The van der Waals surface area contributed by atoms with Crippen LogP contribution in [0.15, 0.2) is 24.3 Å². The molecule has 1 fully saturated rings. The number of aliphatic hydroxyl groups is 1. The van der Waals surface area contributed by atoms with Crippen LogP contribution in [0.5, 0.6) is 0 Å². The average Bonchev–Trinajstić information content (AvgIpc) is 2.39. The molecular weight excluding hydrogens is 217 g/mol. The fourth-order valence-electron chi connectivity index (χ4n) is 2.73. The second-order valence-electron chi connectivity index (χ2n) is 4.78. The maximum atomic E-state index is 12.9. The maximum Gasteiger partial charge on any atom is 0.123 e. The van der Waals surface area contributed by atoms with Crippen LogP contribution in [0.4, 0.5) is 4.39 Å². The summed E-state index contributed by atoms with van der Waals surface area (Å²) in [5, 5.41) is 9.49. The van der Waals surface area contributed by atoms with Crippen LogP contribution in [0.3, 0.4) is 0 Å². The predicted octanol–water partition coefficient (Wildman–Crippen LogP) is 2.24. The number of rotatable bonds is 3. The summed E-state index contributed by atoms with van der Waals surface area (Å²) in [7, 11) is 0. The van der Waals surface area contributed by atoms with Crippen molar-refractivity contribution < 1.29 is 9.50 Å². The third-order valence-electron chi connectivity index (χ3n) is 3.80. The van der Waals surface area contributed by atoms with E-state index in [0.717, 1.165) is 31.6 Å². The van der Waals surface area contributed by atoms with Crippen LogP contribution in [-0.4, -0.2) is 36.2 Å². The zero-order valence-corrected chi connectivity index (χ0v) is 10.3. The standard InChI is InChI=1S/C14H20FNO/c1-2-16-8-7-14(12(9-16)10-17)11-3-5-13(15)6-4-11/h3-6,12,14,17H,2,7-10H2,1H3/t12-,14+/m1/s1. The lowest BCUT2D eigenvalue weighted by atomic mass is 9.81. The summed E-state index contributed by atoms with van der Waals surface area (Å²) in [6.45, 7) is 5.39. The number of halogens is 1. The molecule has 1 aliphatic rings. The van der Waals surface area contributed by atoms with E-state index in [1.807, 2.05) is 12.1 Å². The molecular formula is C14H20FNO. The van der Waals surface area contributed by atoms with Gasteiger partial charge in [-0.25, -0.2) is 4.39 Å². The Morgan fingerprint density at radius 1 is 1.35 bits per heavy atom. The molecule has 0 aromatic heterocycles.